The van der Waals surface area contributed by atoms with E-state index in [-0.39, 0.29) is 43.5 Å². The number of nitrogens with zero attached hydrogens (tertiary/aromatic N) is 3. The molecule has 1 aromatic heterocycles. The van der Waals surface area contributed by atoms with E-state index >= 15 is 4.79 Å². The van der Waals surface area contributed by atoms with Gasteiger partial charge in [0.15, 0.2) is 28.5 Å². The fourth-order valence-corrected chi connectivity index (χ4v) is 12.0. The zero-order valence-electron chi connectivity index (χ0n) is 34.1. The maximum atomic E-state index is 15.1. The number of hydrogen-bond donors (Lipinski definition) is 4. The predicted octanol–water partition coefficient (Wildman–Crippen LogP) is 4.46. The number of aromatic hydroxyl groups is 1. The maximum Gasteiger partial charge on any atom is 0.333 e. The van der Waals surface area contributed by atoms with Gasteiger partial charge in [-0.1, -0.05) is 6.07 Å². The van der Waals surface area contributed by atoms with Gasteiger partial charge in [0, 0.05) is 64.7 Å². The number of carbonyl (C=O) groups is 3. The molecule has 1 fully saturated rings. The Morgan fingerprint density at radius 3 is 2.50 bits per heavy atom. The number of nitriles is 1. The molecule has 2 bridgehead atoms. The van der Waals surface area contributed by atoms with Crippen molar-refractivity contribution < 1.29 is 53.0 Å². The number of carboxylic acids is 1. The zero-order chi connectivity index (χ0) is 42.5. The lowest BCUT2D eigenvalue weighted by Crippen LogP contribution is -2.63. The normalized spacial score (nSPS) is 26.6. The molecule has 1 saturated heterocycles. The van der Waals surface area contributed by atoms with Gasteiger partial charge in [-0.3, -0.25) is 19.8 Å². The molecular formula is C43H45N5O11S. The third kappa shape index (κ3) is 5.71. The number of aromatic amines is 1. The van der Waals surface area contributed by atoms with E-state index in [9.17, 15) is 25.1 Å². The third-order valence-corrected chi connectivity index (χ3v) is 14.2. The molecule has 6 aliphatic heterocycles. The summed E-state index contributed by atoms with van der Waals surface area (Å²) in [5.41, 5.74) is 3.77. The van der Waals surface area contributed by atoms with E-state index < -0.39 is 58.9 Å². The van der Waals surface area contributed by atoms with Crippen LogP contribution in [0, 0.1) is 25.2 Å². The zero-order valence-corrected chi connectivity index (χ0v) is 34.9. The van der Waals surface area contributed by atoms with Gasteiger partial charge in [0.1, 0.15) is 30.2 Å². The Hall–Kier alpha value is -5.67. The van der Waals surface area contributed by atoms with Gasteiger partial charge >= 0.3 is 17.9 Å². The third-order valence-electron chi connectivity index (χ3n) is 12.7. The molecule has 7 heterocycles. The van der Waals surface area contributed by atoms with Gasteiger partial charge in [-0.05, 0) is 62.8 Å². The van der Waals surface area contributed by atoms with E-state index in [4.69, 9.17) is 28.4 Å². The number of ether oxygens (including phenoxy) is 6. The van der Waals surface area contributed by atoms with Crippen molar-refractivity contribution in [1.29, 1.82) is 5.26 Å². The van der Waals surface area contributed by atoms with Crippen LogP contribution in [0.2, 0.25) is 0 Å². The van der Waals surface area contributed by atoms with Gasteiger partial charge in [0.05, 0.1) is 43.3 Å². The van der Waals surface area contributed by atoms with Crippen LogP contribution >= 0.6 is 11.8 Å². The number of carbonyl (C=O) groups excluding carboxylic acids is 2. The summed E-state index contributed by atoms with van der Waals surface area (Å²) in [6, 6.07) is 5.73. The Morgan fingerprint density at radius 1 is 1.05 bits per heavy atom. The second-order valence-corrected chi connectivity index (χ2v) is 17.3. The first kappa shape index (κ1) is 39.8. The van der Waals surface area contributed by atoms with E-state index in [0.717, 1.165) is 10.9 Å². The number of hydrogen-bond acceptors (Lipinski definition) is 15. The lowest BCUT2D eigenvalue weighted by molar-refractivity contribution is -0.156. The minimum absolute atomic E-state index is 0.0516. The summed E-state index contributed by atoms with van der Waals surface area (Å²) in [4.78, 5) is 48.6. The quantitative estimate of drug-likeness (QED) is 0.162. The Bertz CT molecular complexity index is 2550. The molecule has 0 unspecified atom stereocenters. The maximum absolute atomic E-state index is 15.1. The highest BCUT2D eigenvalue weighted by Gasteiger charge is 2.59. The minimum atomic E-state index is -1.73. The molecule has 0 amide bonds. The monoisotopic (exact) mass is 839 g/mol. The number of benzene rings is 3. The van der Waals surface area contributed by atoms with Crippen LogP contribution in [0.25, 0.3) is 10.9 Å². The average Bonchev–Trinajstić information content (AvgIpc) is 3.82. The molecule has 17 heteroatoms. The molecule has 0 radical (unpaired) electrons. The second kappa shape index (κ2) is 14.5. The van der Waals surface area contributed by atoms with Crippen molar-refractivity contribution in [2.75, 3.05) is 47.5 Å². The van der Waals surface area contributed by atoms with Crippen LogP contribution in [0.4, 0.5) is 0 Å². The number of esters is 2. The summed E-state index contributed by atoms with van der Waals surface area (Å²) in [6.45, 7) is 4.52. The number of fused-ring (bicyclic) bond motifs is 8. The summed E-state index contributed by atoms with van der Waals surface area (Å²) < 4.78 is 36.2. The summed E-state index contributed by atoms with van der Waals surface area (Å²) in [6.07, 6.45) is 0.282. The number of H-pyrrole nitrogens is 1. The second-order valence-electron chi connectivity index (χ2n) is 16.2. The van der Waals surface area contributed by atoms with Crippen LogP contribution in [-0.4, -0.2) is 108 Å². The Balaban J connectivity index is 1.35. The average molecular weight is 840 g/mol. The number of thioether (sulfide) groups is 1. The van der Waals surface area contributed by atoms with Crippen LogP contribution in [-0.2, 0) is 37.5 Å². The predicted molar refractivity (Wildman–Crippen MR) is 217 cm³/mol. The molecule has 7 atom stereocenters. The van der Waals surface area contributed by atoms with E-state index in [1.807, 2.05) is 44.1 Å². The van der Waals surface area contributed by atoms with E-state index in [1.165, 1.54) is 25.8 Å². The van der Waals surface area contributed by atoms with Crippen LogP contribution in [0.15, 0.2) is 24.3 Å². The number of carboxylic acid groups (broad SMARTS) is 1. The lowest BCUT2D eigenvalue weighted by atomic mass is 9.80. The van der Waals surface area contributed by atoms with Gasteiger partial charge in [-0.15, -0.1) is 11.8 Å². The smallest absolute Gasteiger partial charge is 0.333 e. The molecule has 0 aliphatic carbocycles. The van der Waals surface area contributed by atoms with Crippen molar-refractivity contribution in [3.05, 3.63) is 68.9 Å². The number of phenols is 1. The van der Waals surface area contributed by atoms with Gasteiger partial charge < -0.3 is 48.5 Å². The highest BCUT2D eigenvalue weighted by Crippen LogP contribution is 2.63. The molecule has 3 aromatic carbocycles. The van der Waals surface area contributed by atoms with Crippen molar-refractivity contribution >= 4 is 40.6 Å². The van der Waals surface area contributed by atoms with Crippen molar-refractivity contribution in [2.24, 2.45) is 0 Å². The van der Waals surface area contributed by atoms with E-state index in [1.54, 1.807) is 20.1 Å². The number of methoxy groups -OCH3 is 2. The van der Waals surface area contributed by atoms with Crippen molar-refractivity contribution in [3.63, 3.8) is 0 Å². The van der Waals surface area contributed by atoms with E-state index in [0.29, 0.717) is 67.6 Å². The number of aliphatic carboxylic acids is 1. The molecule has 10 rings (SSSR count). The summed E-state index contributed by atoms with van der Waals surface area (Å²) in [5, 5.41) is 37.1. The summed E-state index contributed by atoms with van der Waals surface area (Å²) >= 11 is 1.34. The topological polar surface area (TPSA) is 205 Å². The number of likely N-dealkylation sites (N-methyl/N-ethyl adjacent to an activating group) is 1. The largest absolute Gasteiger partial charge is 0.504 e. The Kier molecular flexibility index (Phi) is 9.62. The molecule has 16 nitrogen and oxygen atoms in total. The Labute approximate surface area is 349 Å². The highest BCUT2D eigenvalue weighted by molar-refractivity contribution is 7.99. The van der Waals surface area contributed by atoms with Crippen LogP contribution < -0.4 is 29.0 Å². The number of phenolic OH excluding ortho intramolecular Hbond substituents is 1. The fourth-order valence-electron chi connectivity index (χ4n) is 10.3. The first-order valence-corrected chi connectivity index (χ1v) is 20.6. The standard InChI is InChI=1S/C43H45N5O11S/c1-18-10-21-11-22(14-44)48-28-15-56-42(53)43(40-25(13-27(46-43)41(51)52)24-12-23(54-6)8-9-26(24)45-40)16-60-39(33(48)32(47(4)5)29(21)34(50)35(18)55-7)31-30(28)38-37(57-17-58-38)19(2)36(31)59-20(3)49/h8-10,12,22,27-28,32-33,39,45-46,50H,11,13,15-17H2,1-7H3,(H,51,52)/t22-,27-,28-,32-,33+,39+,43-/m1/s1. The molecule has 4 aromatic rings. The van der Waals surface area contributed by atoms with Gasteiger partial charge in [0.25, 0.3) is 0 Å². The Morgan fingerprint density at radius 2 is 1.82 bits per heavy atom. The molecule has 4 N–H and O–H groups in total. The molecule has 0 saturated carbocycles. The summed E-state index contributed by atoms with van der Waals surface area (Å²) in [7, 11) is 6.84. The molecular weight excluding hydrogens is 795 g/mol. The van der Waals surface area contributed by atoms with Crippen molar-refractivity contribution in [3.8, 4) is 40.6 Å². The SMILES string of the molecule is COc1ccc2[nH]c3c(c2c1)C[C@H](C(=O)O)N[C@]31CS[C@H]2c3c(OC(C)=O)c(C)c4c(c3[C@@H](COC1=O)N1[C@H]2[C@H](N(C)C)c2c(cc(C)c(OC)c2O)C[C@@H]1C#N)OCO4. The minimum Gasteiger partial charge on any atom is -0.504 e. The van der Waals surface area contributed by atoms with Crippen LogP contribution in [0.1, 0.15) is 68.9 Å². The van der Waals surface area contributed by atoms with Crippen LogP contribution in [0.3, 0.4) is 0 Å². The van der Waals surface area contributed by atoms with Gasteiger partial charge in [0.2, 0.25) is 6.79 Å². The fraction of sp³-hybridized carbons (Fsp3) is 0.442. The first-order valence-electron chi connectivity index (χ1n) is 19.6. The van der Waals surface area contributed by atoms with E-state index in [2.05, 4.69) is 21.3 Å². The van der Waals surface area contributed by atoms with Crippen LogP contribution in [0.5, 0.6) is 34.5 Å². The summed E-state index contributed by atoms with van der Waals surface area (Å²) in [5.74, 6) is -0.649. The van der Waals surface area contributed by atoms with Crippen molar-refractivity contribution in [1.82, 2.24) is 20.1 Å². The van der Waals surface area contributed by atoms with Crippen molar-refractivity contribution in [2.45, 2.75) is 74.6 Å². The number of rotatable bonds is 5. The van der Waals surface area contributed by atoms with Gasteiger partial charge in [-0.2, -0.15) is 5.26 Å². The molecule has 6 aliphatic rings. The highest BCUT2D eigenvalue weighted by atomic mass is 32.2. The molecule has 60 heavy (non-hydrogen) atoms. The number of aryl methyl sites for hydroxylation is 1. The van der Waals surface area contributed by atoms with Gasteiger partial charge in [-0.25, -0.2) is 4.79 Å². The first-order chi connectivity index (χ1) is 28.7. The molecule has 1 spiro atoms. The number of nitrogens with one attached hydrogen (secondary N) is 2. The molecule has 314 valence electrons. The number of aromatic nitrogens is 1. The lowest BCUT2D eigenvalue weighted by Gasteiger charge is -2.53.